The Hall–Kier alpha value is -4.32. The van der Waals surface area contributed by atoms with Gasteiger partial charge in [0.05, 0.1) is 16.7 Å². The van der Waals surface area contributed by atoms with Crippen molar-refractivity contribution < 1.29 is 0 Å². The van der Waals surface area contributed by atoms with Gasteiger partial charge in [0, 0.05) is 35.1 Å². The van der Waals surface area contributed by atoms with E-state index in [0.717, 1.165) is 75.1 Å². The molecule has 6 nitrogen and oxygen atoms in total. The number of aryl methyl sites for hydroxylation is 2. The first kappa shape index (κ1) is 18.3. The Morgan fingerprint density at radius 3 is 2.70 bits per heavy atom. The number of imidazole rings is 1. The third kappa shape index (κ3) is 3.03. The maximum atomic E-state index is 4.96. The topological polar surface area (TPSA) is 83.1 Å². The largest absolute Gasteiger partial charge is 0.336 e. The molecular formula is C27H20N6. The van der Waals surface area contributed by atoms with Crippen molar-refractivity contribution >= 4 is 21.9 Å². The Bertz CT molecular complexity index is 1660. The van der Waals surface area contributed by atoms with Crippen molar-refractivity contribution in [2.75, 3.05) is 0 Å². The highest BCUT2D eigenvalue weighted by Gasteiger charge is 2.17. The van der Waals surface area contributed by atoms with Crippen LogP contribution in [0, 0.1) is 0 Å². The fourth-order valence-electron chi connectivity index (χ4n) is 4.79. The highest BCUT2D eigenvalue weighted by Crippen LogP contribution is 2.33. The lowest BCUT2D eigenvalue weighted by Gasteiger charge is -2.07. The van der Waals surface area contributed by atoms with E-state index in [1.807, 2.05) is 24.7 Å². The molecule has 0 aliphatic carbocycles. The summed E-state index contributed by atoms with van der Waals surface area (Å²) in [7, 11) is 0. The second-order valence-corrected chi connectivity index (χ2v) is 8.61. The first-order chi connectivity index (χ1) is 16.3. The molecule has 4 aromatic heterocycles. The SMILES string of the molecule is c1cc2cc(c1)-c1nccc3[nH]c(nc13)-c1n[nH]c3ccc(cc13)-c1cncc(c1)CCC2. The average molecular weight is 428 g/mol. The molecule has 0 saturated heterocycles. The zero-order chi connectivity index (χ0) is 21.8. The van der Waals surface area contributed by atoms with Crippen LogP contribution in [-0.4, -0.2) is 30.1 Å². The lowest BCUT2D eigenvalue weighted by Crippen LogP contribution is -1.93. The second-order valence-electron chi connectivity index (χ2n) is 8.61. The molecule has 6 heteroatoms. The van der Waals surface area contributed by atoms with Crippen LogP contribution < -0.4 is 0 Å². The van der Waals surface area contributed by atoms with Gasteiger partial charge in [-0.2, -0.15) is 5.10 Å². The van der Waals surface area contributed by atoms with E-state index in [2.05, 4.69) is 68.7 Å². The molecule has 33 heavy (non-hydrogen) atoms. The summed E-state index contributed by atoms with van der Waals surface area (Å²) < 4.78 is 0. The van der Waals surface area contributed by atoms with Gasteiger partial charge in [0.25, 0.3) is 0 Å². The van der Waals surface area contributed by atoms with Gasteiger partial charge < -0.3 is 4.98 Å². The van der Waals surface area contributed by atoms with Crippen LogP contribution in [0.4, 0.5) is 0 Å². The van der Waals surface area contributed by atoms with Crippen LogP contribution in [0.5, 0.6) is 0 Å². The molecule has 0 saturated carbocycles. The highest BCUT2D eigenvalue weighted by atomic mass is 15.1. The predicted molar refractivity (Wildman–Crippen MR) is 130 cm³/mol. The molecule has 0 amide bonds. The quantitative estimate of drug-likeness (QED) is 0.324. The number of hydrogen-bond donors (Lipinski definition) is 2. The maximum absolute atomic E-state index is 4.96. The minimum atomic E-state index is 0.731. The minimum absolute atomic E-state index is 0.731. The molecule has 158 valence electrons. The van der Waals surface area contributed by atoms with Crippen LogP contribution in [0.3, 0.4) is 0 Å². The maximum Gasteiger partial charge on any atom is 0.159 e. The molecule has 7 rings (SSSR count). The molecule has 2 aromatic carbocycles. The van der Waals surface area contributed by atoms with Gasteiger partial charge in [-0.3, -0.25) is 15.1 Å². The van der Waals surface area contributed by atoms with Crippen molar-refractivity contribution in [3.63, 3.8) is 0 Å². The highest BCUT2D eigenvalue weighted by molar-refractivity contribution is 5.97. The van der Waals surface area contributed by atoms with Crippen molar-refractivity contribution in [2.24, 2.45) is 0 Å². The van der Waals surface area contributed by atoms with E-state index >= 15 is 0 Å². The van der Waals surface area contributed by atoms with Gasteiger partial charge in [0.1, 0.15) is 11.2 Å². The summed E-state index contributed by atoms with van der Waals surface area (Å²) >= 11 is 0. The zero-order valence-corrected chi connectivity index (χ0v) is 17.8. The van der Waals surface area contributed by atoms with Crippen LogP contribution in [0.15, 0.2) is 73.2 Å². The van der Waals surface area contributed by atoms with E-state index in [0.29, 0.717) is 0 Å². The summed E-state index contributed by atoms with van der Waals surface area (Å²) in [6.07, 6.45) is 8.79. The summed E-state index contributed by atoms with van der Waals surface area (Å²) in [6, 6.07) is 19.2. The Morgan fingerprint density at radius 2 is 1.70 bits per heavy atom. The van der Waals surface area contributed by atoms with Gasteiger partial charge in [0.15, 0.2) is 5.82 Å². The summed E-state index contributed by atoms with van der Waals surface area (Å²) in [5, 5.41) is 8.78. The van der Waals surface area contributed by atoms with Gasteiger partial charge >= 0.3 is 0 Å². The van der Waals surface area contributed by atoms with Gasteiger partial charge in [-0.05, 0) is 66.3 Å². The number of H-pyrrole nitrogens is 2. The van der Waals surface area contributed by atoms with E-state index < -0.39 is 0 Å². The van der Waals surface area contributed by atoms with Crippen LogP contribution in [0.1, 0.15) is 17.5 Å². The molecule has 0 atom stereocenters. The van der Waals surface area contributed by atoms with Crippen LogP contribution in [0.25, 0.3) is 55.8 Å². The molecule has 6 aromatic rings. The predicted octanol–water partition coefficient (Wildman–Crippen LogP) is 5.72. The molecule has 1 aliphatic rings. The fourth-order valence-corrected chi connectivity index (χ4v) is 4.79. The third-order valence-electron chi connectivity index (χ3n) is 6.45. The number of benzene rings is 2. The first-order valence-corrected chi connectivity index (χ1v) is 11.2. The van der Waals surface area contributed by atoms with E-state index in [-0.39, 0.29) is 0 Å². The smallest absolute Gasteiger partial charge is 0.159 e. The van der Waals surface area contributed by atoms with Crippen LogP contribution in [0.2, 0.25) is 0 Å². The lowest BCUT2D eigenvalue weighted by atomic mass is 9.99. The van der Waals surface area contributed by atoms with Crippen molar-refractivity contribution in [3.05, 3.63) is 84.3 Å². The van der Waals surface area contributed by atoms with Crippen LogP contribution in [-0.2, 0) is 12.8 Å². The third-order valence-corrected chi connectivity index (χ3v) is 6.45. The molecule has 0 radical (unpaired) electrons. The summed E-state index contributed by atoms with van der Waals surface area (Å²) in [6.45, 7) is 0. The Labute approximate surface area is 189 Å². The first-order valence-electron chi connectivity index (χ1n) is 11.2. The van der Waals surface area contributed by atoms with Gasteiger partial charge in [0.2, 0.25) is 0 Å². The average Bonchev–Trinajstić information content (AvgIpc) is 3.47. The summed E-state index contributed by atoms with van der Waals surface area (Å²) in [5.74, 6) is 0.731. The molecule has 1 aliphatic heterocycles. The van der Waals surface area contributed by atoms with Gasteiger partial charge in [-0.1, -0.05) is 24.3 Å². The number of aromatic amines is 2. The molecule has 2 N–H and O–H groups in total. The number of rotatable bonds is 0. The molecular weight excluding hydrogens is 408 g/mol. The normalized spacial score (nSPS) is 13.1. The fraction of sp³-hybridized carbons (Fsp3) is 0.111. The molecule has 5 heterocycles. The van der Waals surface area contributed by atoms with E-state index in [1.165, 1.54) is 11.1 Å². The Kier molecular flexibility index (Phi) is 3.93. The van der Waals surface area contributed by atoms with Crippen molar-refractivity contribution in [1.29, 1.82) is 0 Å². The van der Waals surface area contributed by atoms with Crippen molar-refractivity contribution in [3.8, 4) is 33.9 Å². The van der Waals surface area contributed by atoms with Gasteiger partial charge in [-0.15, -0.1) is 0 Å². The monoisotopic (exact) mass is 428 g/mol. The minimum Gasteiger partial charge on any atom is -0.336 e. The van der Waals surface area contributed by atoms with E-state index in [1.54, 1.807) is 0 Å². The number of pyridine rings is 2. The number of nitrogens with zero attached hydrogens (tertiary/aromatic N) is 4. The van der Waals surface area contributed by atoms with E-state index in [9.17, 15) is 0 Å². The molecule has 8 bridgehead atoms. The number of nitrogens with one attached hydrogen (secondary N) is 2. The van der Waals surface area contributed by atoms with Crippen molar-refractivity contribution in [1.82, 2.24) is 30.1 Å². The number of aromatic nitrogens is 6. The number of fused-ring (bicyclic) bond motifs is 9. The molecule has 0 fully saturated rings. The Balaban J connectivity index is 1.51. The van der Waals surface area contributed by atoms with Crippen molar-refractivity contribution in [2.45, 2.75) is 19.3 Å². The Morgan fingerprint density at radius 1 is 0.758 bits per heavy atom. The molecule has 0 unspecified atom stereocenters. The van der Waals surface area contributed by atoms with E-state index in [4.69, 9.17) is 9.97 Å². The summed E-state index contributed by atoms with van der Waals surface area (Å²) in [4.78, 5) is 17.6. The number of hydrogen-bond acceptors (Lipinski definition) is 4. The summed E-state index contributed by atoms with van der Waals surface area (Å²) in [5.41, 5.74) is 10.3. The standard InChI is InChI=1S/C27H20N6/c1-3-16-4-2-6-19(11-16)24-26-23(9-10-29-24)30-27(31-26)25-21-13-18(7-8-22(21)32-33-25)20-12-17(5-1)14-28-15-20/h2,4,6-15H,1,3,5H2,(H,30,31)(H,32,33). The second kappa shape index (κ2) is 7.10. The van der Waals surface area contributed by atoms with Gasteiger partial charge in [-0.25, -0.2) is 4.98 Å². The lowest BCUT2D eigenvalue weighted by molar-refractivity contribution is 0.817. The zero-order valence-electron chi connectivity index (χ0n) is 17.8. The molecule has 0 spiro atoms. The van der Waals surface area contributed by atoms with Crippen LogP contribution >= 0.6 is 0 Å².